The number of benzene rings is 1. The Morgan fingerprint density at radius 3 is 2.70 bits per heavy atom. The third kappa shape index (κ3) is 5.16. The number of hydrogen-bond donors (Lipinski definition) is 2. The molecule has 0 spiro atoms. The van der Waals surface area contributed by atoms with Crippen LogP contribution in [0.5, 0.6) is 0 Å². The summed E-state index contributed by atoms with van der Waals surface area (Å²) < 4.78 is 0. The first-order valence-electron chi connectivity index (χ1n) is 11.7. The van der Waals surface area contributed by atoms with E-state index in [9.17, 15) is 9.90 Å². The van der Waals surface area contributed by atoms with Gasteiger partial charge in [-0.05, 0) is 75.7 Å². The summed E-state index contributed by atoms with van der Waals surface area (Å²) in [5.41, 5.74) is 7.46. The topological polar surface area (TPSA) is 73.0 Å². The zero-order chi connectivity index (χ0) is 21.1. The third-order valence-corrected chi connectivity index (χ3v) is 7.46. The smallest absolute Gasteiger partial charge is 0.231 e. The highest BCUT2D eigenvalue weighted by Gasteiger charge is 2.39. The lowest BCUT2D eigenvalue weighted by molar-refractivity contribution is -0.120. The van der Waals surface area contributed by atoms with Gasteiger partial charge in [-0.25, -0.2) is 0 Å². The van der Waals surface area contributed by atoms with Gasteiger partial charge in [-0.2, -0.15) is 0 Å². The van der Waals surface area contributed by atoms with E-state index in [4.69, 9.17) is 5.73 Å². The quantitative estimate of drug-likeness (QED) is 0.771. The Bertz CT molecular complexity index is 732. The van der Waals surface area contributed by atoms with Crippen LogP contribution in [0.1, 0.15) is 44.1 Å². The normalized spacial score (nSPS) is 28.0. The highest BCUT2D eigenvalue weighted by atomic mass is 16.3. The van der Waals surface area contributed by atoms with Crippen molar-refractivity contribution < 1.29 is 9.90 Å². The van der Waals surface area contributed by atoms with Crippen molar-refractivity contribution in [3.8, 4) is 0 Å². The van der Waals surface area contributed by atoms with Crippen LogP contribution in [0.4, 0.5) is 5.69 Å². The van der Waals surface area contributed by atoms with Gasteiger partial charge in [0.25, 0.3) is 0 Å². The van der Waals surface area contributed by atoms with Crippen LogP contribution in [-0.2, 0) is 4.79 Å². The largest absolute Gasteiger partial charge is 0.388 e. The summed E-state index contributed by atoms with van der Waals surface area (Å²) in [5.74, 6) is 0.365. The van der Waals surface area contributed by atoms with E-state index in [1.54, 1.807) is 0 Å². The van der Waals surface area contributed by atoms with Gasteiger partial charge < -0.3 is 20.6 Å². The van der Waals surface area contributed by atoms with E-state index in [2.05, 4.69) is 45.9 Å². The van der Waals surface area contributed by atoms with Crippen molar-refractivity contribution in [1.82, 2.24) is 9.80 Å². The van der Waals surface area contributed by atoms with Crippen molar-refractivity contribution in [2.75, 3.05) is 50.7 Å². The highest BCUT2D eigenvalue weighted by molar-refractivity contribution is 5.76. The van der Waals surface area contributed by atoms with Gasteiger partial charge in [0.15, 0.2) is 0 Å². The lowest BCUT2D eigenvalue weighted by Crippen LogP contribution is -2.56. The molecular formula is C24H38N4O2. The van der Waals surface area contributed by atoms with Crippen molar-refractivity contribution in [2.45, 2.75) is 57.1 Å². The summed E-state index contributed by atoms with van der Waals surface area (Å²) >= 11 is 0. The van der Waals surface area contributed by atoms with Gasteiger partial charge in [-0.3, -0.25) is 9.69 Å². The molecule has 0 radical (unpaired) electrons. The van der Waals surface area contributed by atoms with Crippen LogP contribution in [0.2, 0.25) is 0 Å². The van der Waals surface area contributed by atoms with Crippen LogP contribution in [-0.4, -0.2) is 78.3 Å². The molecule has 4 rings (SSSR count). The standard InChI is InChI=1S/C24H38N4O2/c1-19-5-4-7-21(15-19)27-13-9-24(30,10-14-27)18-26-12-8-22-20(16-26)6-2-3-11-28(22)17-23(25)29/h4-5,7,15,20,22,30H,2-3,6,8-14,16-18H2,1H3,(H2,25,29)/t20-,22+/m0/s1. The molecule has 0 aliphatic carbocycles. The number of anilines is 1. The molecule has 6 nitrogen and oxygen atoms in total. The molecule has 3 aliphatic heterocycles. The number of nitrogens with two attached hydrogens (primary N) is 1. The Hall–Kier alpha value is -1.63. The monoisotopic (exact) mass is 414 g/mol. The van der Waals surface area contributed by atoms with Gasteiger partial charge in [0.2, 0.25) is 5.91 Å². The number of primary amides is 1. The molecule has 1 aromatic rings. The van der Waals surface area contributed by atoms with Crippen LogP contribution in [0.25, 0.3) is 0 Å². The molecule has 3 heterocycles. The van der Waals surface area contributed by atoms with Gasteiger partial charge in [-0.15, -0.1) is 0 Å². The molecule has 2 atom stereocenters. The minimum absolute atomic E-state index is 0.215. The van der Waals surface area contributed by atoms with Crippen molar-refractivity contribution in [3.63, 3.8) is 0 Å². The van der Waals surface area contributed by atoms with E-state index in [1.165, 1.54) is 24.1 Å². The number of hydrogen-bond acceptors (Lipinski definition) is 5. The van der Waals surface area contributed by atoms with Crippen molar-refractivity contribution in [1.29, 1.82) is 0 Å². The zero-order valence-corrected chi connectivity index (χ0v) is 18.4. The average molecular weight is 415 g/mol. The molecule has 3 aliphatic rings. The van der Waals surface area contributed by atoms with Gasteiger partial charge in [-0.1, -0.05) is 18.6 Å². The predicted molar refractivity (Wildman–Crippen MR) is 121 cm³/mol. The third-order valence-electron chi connectivity index (χ3n) is 7.46. The Morgan fingerprint density at radius 2 is 1.97 bits per heavy atom. The number of aliphatic hydroxyl groups is 1. The molecule has 1 aromatic carbocycles. The number of β-amino-alcohol motifs (C(OH)–C–C–N with tert-alkyl or cyclic N) is 1. The SMILES string of the molecule is Cc1cccc(N2CCC(O)(CN3CC[C@@H]4[C@@H](CCCCN4CC(N)=O)C3)CC2)c1. The second-order valence-corrected chi connectivity index (χ2v) is 9.83. The maximum Gasteiger partial charge on any atom is 0.231 e. The van der Waals surface area contributed by atoms with Crippen LogP contribution >= 0.6 is 0 Å². The predicted octanol–water partition coefficient (Wildman–Crippen LogP) is 1.99. The van der Waals surface area contributed by atoms with Crippen LogP contribution < -0.4 is 10.6 Å². The van der Waals surface area contributed by atoms with Crippen molar-refractivity contribution in [3.05, 3.63) is 29.8 Å². The van der Waals surface area contributed by atoms with E-state index in [0.29, 0.717) is 18.5 Å². The number of piperidine rings is 2. The number of likely N-dealkylation sites (tertiary alicyclic amines) is 2. The first kappa shape index (κ1) is 21.6. The van der Waals surface area contributed by atoms with E-state index >= 15 is 0 Å². The second kappa shape index (κ2) is 9.25. The van der Waals surface area contributed by atoms with Crippen molar-refractivity contribution in [2.24, 2.45) is 11.7 Å². The first-order valence-corrected chi connectivity index (χ1v) is 11.7. The number of nitrogens with zero attached hydrogens (tertiary/aromatic N) is 3. The Labute approximate surface area is 181 Å². The highest BCUT2D eigenvalue weighted by Crippen LogP contribution is 2.33. The van der Waals surface area contributed by atoms with Gasteiger partial charge >= 0.3 is 0 Å². The summed E-state index contributed by atoms with van der Waals surface area (Å²) in [7, 11) is 0. The number of amides is 1. The molecule has 0 aromatic heterocycles. The number of rotatable bonds is 5. The lowest BCUT2D eigenvalue weighted by Gasteiger charge is -2.46. The van der Waals surface area contributed by atoms with Crippen LogP contribution in [0, 0.1) is 12.8 Å². The van der Waals surface area contributed by atoms with Crippen LogP contribution in [0.15, 0.2) is 24.3 Å². The summed E-state index contributed by atoms with van der Waals surface area (Å²) in [4.78, 5) is 18.7. The molecule has 166 valence electrons. The fraction of sp³-hybridized carbons (Fsp3) is 0.708. The summed E-state index contributed by atoms with van der Waals surface area (Å²) in [6.07, 6.45) is 6.30. The maximum atomic E-state index is 11.5. The molecule has 0 bridgehead atoms. The van der Waals surface area contributed by atoms with Crippen molar-refractivity contribution >= 4 is 11.6 Å². The number of carbonyl (C=O) groups excluding carboxylic acids is 1. The van der Waals surface area contributed by atoms with Gasteiger partial charge in [0, 0.05) is 37.9 Å². The van der Waals surface area contributed by atoms with E-state index in [0.717, 1.165) is 65.0 Å². The molecule has 0 unspecified atom stereocenters. The molecule has 0 saturated carbocycles. The molecule has 3 N–H and O–H groups in total. The molecule has 1 amide bonds. The van der Waals surface area contributed by atoms with Gasteiger partial charge in [0.1, 0.15) is 0 Å². The second-order valence-electron chi connectivity index (χ2n) is 9.83. The van der Waals surface area contributed by atoms with E-state index < -0.39 is 5.60 Å². The minimum atomic E-state index is -0.592. The molecular weight excluding hydrogens is 376 g/mol. The number of fused-ring (bicyclic) bond motifs is 1. The Morgan fingerprint density at radius 1 is 1.17 bits per heavy atom. The van der Waals surface area contributed by atoms with E-state index in [-0.39, 0.29) is 5.91 Å². The fourth-order valence-corrected chi connectivity index (χ4v) is 5.87. The molecule has 3 fully saturated rings. The average Bonchev–Trinajstić information content (AvgIpc) is 2.90. The number of carbonyl (C=O) groups is 1. The number of aryl methyl sites for hydroxylation is 1. The molecule has 30 heavy (non-hydrogen) atoms. The van der Waals surface area contributed by atoms with E-state index in [1.807, 2.05) is 0 Å². The fourth-order valence-electron chi connectivity index (χ4n) is 5.87. The summed E-state index contributed by atoms with van der Waals surface area (Å²) in [6.45, 7) is 8.13. The lowest BCUT2D eigenvalue weighted by atomic mass is 9.85. The molecule has 6 heteroatoms. The summed E-state index contributed by atoms with van der Waals surface area (Å²) in [6, 6.07) is 9.12. The van der Waals surface area contributed by atoms with Crippen LogP contribution in [0.3, 0.4) is 0 Å². The minimum Gasteiger partial charge on any atom is -0.388 e. The maximum absolute atomic E-state index is 11.5. The van der Waals surface area contributed by atoms with Gasteiger partial charge in [0.05, 0.1) is 12.1 Å². The Balaban J connectivity index is 1.32. The molecule has 3 saturated heterocycles. The zero-order valence-electron chi connectivity index (χ0n) is 18.4. The first-order chi connectivity index (χ1) is 14.4. The summed E-state index contributed by atoms with van der Waals surface area (Å²) in [5, 5.41) is 11.3. The Kier molecular flexibility index (Phi) is 6.66.